The number of likely N-dealkylation sites (tertiary alicyclic amines) is 1. The van der Waals surface area contributed by atoms with Gasteiger partial charge < -0.3 is 10.4 Å². The van der Waals surface area contributed by atoms with E-state index in [9.17, 15) is 22.8 Å². The Labute approximate surface area is 141 Å². The Morgan fingerprint density at radius 1 is 1.25 bits per heavy atom. The molecule has 1 aromatic carbocycles. The van der Waals surface area contributed by atoms with Crippen LogP contribution >= 0.6 is 11.6 Å². The number of nitrogens with one attached hydrogen (secondary N) is 1. The van der Waals surface area contributed by atoms with Gasteiger partial charge in [-0.05, 0) is 17.7 Å². The second-order valence-electron chi connectivity index (χ2n) is 5.69. The molecule has 1 amide bonds. The minimum absolute atomic E-state index is 0.217. The van der Waals surface area contributed by atoms with Gasteiger partial charge in [0.1, 0.15) is 0 Å². The van der Waals surface area contributed by atoms with Gasteiger partial charge in [-0.1, -0.05) is 23.7 Å². The zero-order chi connectivity index (χ0) is 17.9. The van der Waals surface area contributed by atoms with E-state index in [0.717, 1.165) is 5.56 Å². The van der Waals surface area contributed by atoms with Crippen molar-refractivity contribution < 1.29 is 27.9 Å². The van der Waals surface area contributed by atoms with E-state index in [0.29, 0.717) is 5.02 Å². The highest BCUT2D eigenvalue weighted by atomic mass is 35.5. The van der Waals surface area contributed by atoms with Gasteiger partial charge in [-0.3, -0.25) is 14.5 Å². The van der Waals surface area contributed by atoms with Gasteiger partial charge in [0, 0.05) is 24.7 Å². The van der Waals surface area contributed by atoms with Crippen LogP contribution in [0.3, 0.4) is 0 Å². The lowest BCUT2D eigenvalue weighted by Crippen LogP contribution is -2.36. The third kappa shape index (κ3) is 4.85. The van der Waals surface area contributed by atoms with Crippen molar-refractivity contribution in [3.8, 4) is 0 Å². The van der Waals surface area contributed by atoms with Crippen LogP contribution in [0.15, 0.2) is 24.3 Å². The Balaban J connectivity index is 1.87. The molecular formula is C15H16ClF3N2O3. The van der Waals surface area contributed by atoms with Gasteiger partial charge in [0.15, 0.2) is 0 Å². The van der Waals surface area contributed by atoms with E-state index in [1.807, 2.05) is 0 Å². The summed E-state index contributed by atoms with van der Waals surface area (Å²) < 4.78 is 38.6. The highest BCUT2D eigenvalue weighted by molar-refractivity contribution is 6.30. The first-order chi connectivity index (χ1) is 11.2. The summed E-state index contributed by atoms with van der Waals surface area (Å²) in [6, 6.07) is 6.76. The molecule has 0 saturated carbocycles. The molecule has 1 saturated heterocycles. The van der Waals surface area contributed by atoms with E-state index in [-0.39, 0.29) is 19.6 Å². The Morgan fingerprint density at radius 2 is 1.88 bits per heavy atom. The third-order valence-corrected chi connectivity index (χ3v) is 4.16. The van der Waals surface area contributed by atoms with Gasteiger partial charge in [-0.25, -0.2) is 0 Å². The Bertz CT molecular complexity index is 607. The second kappa shape index (κ2) is 7.40. The fourth-order valence-electron chi connectivity index (χ4n) is 2.66. The third-order valence-electron chi connectivity index (χ3n) is 3.90. The van der Waals surface area contributed by atoms with Gasteiger partial charge in [0.25, 0.3) is 0 Å². The van der Waals surface area contributed by atoms with Gasteiger partial charge in [-0.15, -0.1) is 0 Å². The summed E-state index contributed by atoms with van der Waals surface area (Å²) in [6.07, 6.45) is -4.60. The number of halogens is 4. The molecule has 0 radical (unpaired) electrons. The molecular weight excluding hydrogens is 349 g/mol. The largest absolute Gasteiger partial charge is 0.481 e. The summed E-state index contributed by atoms with van der Waals surface area (Å²) in [5.41, 5.74) is 0.797. The molecule has 132 valence electrons. The predicted octanol–water partition coefficient (Wildman–Crippen LogP) is 2.15. The van der Waals surface area contributed by atoms with Gasteiger partial charge in [0.05, 0.1) is 18.4 Å². The van der Waals surface area contributed by atoms with Gasteiger partial charge in [0.2, 0.25) is 5.91 Å². The van der Waals surface area contributed by atoms with Crippen LogP contribution in [0.25, 0.3) is 0 Å². The summed E-state index contributed by atoms with van der Waals surface area (Å²) in [6.45, 7) is -0.846. The number of amides is 1. The second-order valence-corrected chi connectivity index (χ2v) is 6.13. The molecule has 1 aliphatic heterocycles. The standard InChI is InChI=1S/C15H16ClF3N2O3/c16-10-3-1-9(2-4-10)5-20-13(22)8-21-6-11(14(23)24)12(7-21)15(17,18)19/h1-4,11-12H,5-8H2,(H,20,22)(H,23,24)/t11-,12-/m1/s1. The molecule has 1 aliphatic rings. The molecule has 0 aliphatic carbocycles. The highest BCUT2D eigenvalue weighted by Crippen LogP contribution is 2.37. The van der Waals surface area contributed by atoms with Crippen molar-refractivity contribution in [2.75, 3.05) is 19.6 Å². The normalized spacial score (nSPS) is 21.7. The maximum atomic E-state index is 12.9. The number of benzene rings is 1. The SMILES string of the molecule is O=C(CN1C[C@@H](C(F)(F)F)[C@H](C(=O)O)C1)NCc1ccc(Cl)cc1. The summed E-state index contributed by atoms with van der Waals surface area (Å²) in [7, 11) is 0. The zero-order valence-electron chi connectivity index (χ0n) is 12.5. The zero-order valence-corrected chi connectivity index (χ0v) is 13.3. The van der Waals surface area contributed by atoms with Crippen molar-refractivity contribution in [2.45, 2.75) is 12.7 Å². The molecule has 1 heterocycles. The summed E-state index contributed by atoms with van der Waals surface area (Å²) in [5, 5.41) is 12.1. The number of hydrogen-bond acceptors (Lipinski definition) is 3. The van der Waals surface area contributed by atoms with Crippen LogP contribution in [-0.2, 0) is 16.1 Å². The van der Waals surface area contributed by atoms with Crippen molar-refractivity contribution in [3.05, 3.63) is 34.9 Å². The van der Waals surface area contributed by atoms with Crippen molar-refractivity contribution in [2.24, 2.45) is 11.8 Å². The molecule has 2 rings (SSSR count). The Kier molecular flexibility index (Phi) is 5.71. The summed E-state index contributed by atoms with van der Waals surface area (Å²) in [4.78, 5) is 24.1. The quantitative estimate of drug-likeness (QED) is 0.840. The molecule has 5 nitrogen and oxygen atoms in total. The van der Waals surface area contributed by atoms with E-state index in [2.05, 4.69) is 5.32 Å². The van der Waals surface area contributed by atoms with E-state index >= 15 is 0 Å². The topological polar surface area (TPSA) is 69.6 Å². The van der Waals surface area contributed by atoms with Crippen LogP contribution in [0, 0.1) is 11.8 Å². The van der Waals surface area contributed by atoms with E-state index < -0.39 is 36.4 Å². The number of alkyl halides is 3. The number of carboxylic acid groups (broad SMARTS) is 1. The first kappa shape index (κ1) is 18.5. The molecule has 0 bridgehead atoms. The van der Waals surface area contributed by atoms with Crippen LogP contribution in [0.4, 0.5) is 13.2 Å². The van der Waals surface area contributed by atoms with Crippen LogP contribution in [0.1, 0.15) is 5.56 Å². The number of nitrogens with zero attached hydrogens (tertiary/aromatic N) is 1. The number of carbonyl (C=O) groups excluding carboxylic acids is 1. The monoisotopic (exact) mass is 364 g/mol. The molecule has 1 aromatic rings. The van der Waals surface area contributed by atoms with E-state index in [1.165, 1.54) is 4.90 Å². The fraction of sp³-hybridized carbons (Fsp3) is 0.467. The van der Waals surface area contributed by atoms with Crippen molar-refractivity contribution in [1.29, 1.82) is 0 Å². The van der Waals surface area contributed by atoms with E-state index in [4.69, 9.17) is 16.7 Å². The lowest BCUT2D eigenvalue weighted by atomic mass is 9.96. The number of rotatable bonds is 5. The number of aliphatic carboxylic acids is 1. The summed E-state index contributed by atoms with van der Waals surface area (Å²) in [5.74, 6) is -5.47. The molecule has 0 aromatic heterocycles. The average Bonchev–Trinajstić information content (AvgIpc) is 2.91. The molecule has 9 heteroatoms. The van der Waals surface area contributed by atoms with Crippen LogP contribution in [0.2, 0.25) is 5.02 Å². The lowest BCUT2D eigenvalue weighted by Gasteiger charge is -2.18. The first-order valence-electron chi connectivity index (χ1n) is 7.20. The first-order valence-corrected chi connectivity index (χ1v) is 7.57. The Hall–Kier alpha value is -1.80. The fourth-order valence-corrected chi connectivity index (χ4v) is 2.78. The van der Waals surface area contributed by atoms with Gasteiger partial charge >= 0.3 is 12.1 Å². The minimum atomic E-state index is -4.60. The van der Waals surface area contributed by atoms with Gasteiger partial charge in [-0.2, -0.15) is 13.2 Å². The van der Waals surface area contributed by atoms with Crippen LogP contribution < -0.4 is 5.32 Å². The van der Waals surface area contributed by atoms with Crippen LogP contribution in [0.5, 0.6) is 0 Å². The van der Waals surface area contributed by atoms with E-state index in [1.54, 1.807) is 24.3 Å². The molecule has 0 spiro atoms. The maximum absolute atomic E-state index is 12.9. The molecule has 2 N–H and O–H groups in total. The number of carbonyl (C=O) groups is 2. The predicted molar refractivity (Wildman–Crippen MR) is 80.4 cm³/mol. The van der Waals surface area contributed by atoms with Crippen LogP contribution in [-0.4, -0.2) is 47.7 Å². The molecule has 1 fully saturated rings. The lowest BCUT2D eigenvalue weighted by molar-refractivity contribution is -0.188. The maximum Gasteiger partial charge on any atom is 0.393 e. The number of hydrogen-bond donors (Lipinski definition) is 2. The average molecular weight is 365 g/mol. The number of carboxylic acids is 1. The highest BCUT2D eigenvalue weighted by Gasteiger charge is 2.52. The Morgan fingerprint density at radius 3 is 2.38 bits per heavy atom. The summed E-state index contributed by atoms with van der Waals surface area (Å²) >= 11 is 5.74. The van der Waals surface area contributed by atoms with Crippen molar-refractivity contribution in [3.63, 3.8) is 0 Å². The molecule has 0 unspecified atom stereocenters. The van der Waals surface area contributed by atoms with Crippen molar-refractivity contribution >= 4 is 23.5 Å². The molecule has 24 heavy (non-hydrogen) atoms. The molecule has 2 atom stereocenters. The van der Waals surface area contributed by atoms with Crippen molar-refractivity contribution in [1.82, 2.24) is 10.2 Å². The minimum Gasteiger partial charge on any atom is -0.481 e. The smallest absolute Gasteiger partial charge is 0.393 e.